The van der Waals surface area contributed by atoms with Crippen LogP contribution in [0.15, 0.2) is 75.9 Å². The fourth-order valence-corrected chi connectivity index (χ4v) is 2.27. The highest BCUT2D eigenvalue weighted by molar-refractivity contribution is 5.60. The molecule has 3 rings (SSSR count). The lowest BCUT2D eigenvalue weighted by molar-refractivity contribution is -0.597. The van der Waals surface area contributed by atoms with Crippen molar-refractivity contribution in [3.63, 3.8) is 0 Å². The summed E-state index contributed by atoms with van der Waals surface area (Å²) in [6.07, 6.45) is 3.51. The average Bonchev–Trinajstić information content (AvgIpc) is 2.62. The van der Waals surface area contributed by atoms with Crippen molar-refractivity contribution in [1.29, 1.82) is 0 Å². The molecule has 0 atom stereocenters. The van der Waals surface area contributed by atoms with Crippen LogP contribution in [-0.2, 0) is 4.79 Å². The van der Waals surface area contributed by atoms with Gasteiger partial charge in [-0.15, -0.1) is 5.11 Å². The third-order valence-corrected chi connectivity index (χ3v) is 3.38. The van der Waals surface area contributed by atoms with Crippen molar-refractivity contribution < 1.29 is 19.6 Å². The van der Waals surface area contributed by atoms with E-state index in [0.29, 0.717) is 16.9 Å². The van der Waals surface area contributed by atoms with Crippen LogP contribution in [0, 0.1) is 6.92 Å². The van der Waals surface area contributed by atoms with Crippen molar-refractivity contribution >= 4 is 17.3 Å². The Bertz CT molecular complexity index is 995. The van der Waals surface area contributed by atoms with Gasteiger partial charge >= 0.3 is 5.56 Å². The predicted molar refractivity (Wildman–Crippen MR) is 96.3 cm³/mol. The maximum atomic E-state index is 12.2. The van der Waals surface area contributed by atoms with Crippen LogP contribution in [0.4, 0.5) is 11.4 Å². The van der Waals surface area contributed by atoms with E-state index in [4.69, 9.17) is 9.90 Å². The molecule has 0 spiro atoms. The minimum Gasteiger partial charge on any atom is -0.550 e. The summed E-state index contributed by atoms with van der Waals surface area (Å²) in [6, 6.07) is 14.7. The summed E-state index contributed by atoms with van der Waals surface area (Å²) in [5.74, 6) is -1.38. The van der Waals surface area contributed by atoms with Gasteiger partial charge in [-0.1, -0.05) is 24.3 Å². The smallest absolute Gasteiger partial charge is 0.323 e. The second-order valence-electron chi connectivity index (χ2n) is 5.43. The summed E-state index contributed by atoms with van der Waals surface area (Å²) in [7, 11) is 0. The van der Waals surface area contributed by atoms with Gasteiger partial charge < -0.3 is 15.0 Å². The maximum Gasteiger partial charge on any atom is 0.323 e. The van der Waals surface area contributed by atoms with Gasteiger partial charge in [-0.3, -0.25) is 9.78 Å². The first-order chi connectivity index (χ1) is 12.9. The Kier molecular flexibility index (Phi) is 6.54. The number of carboxylic acids is 1. The van der Waals surface area contributed by atoms with Crippen LogP contribution in [0.25, 0.3) is 5.69 Å². The number of carboxylic acid groups (broad SMARTS) is 1. The molecule has 0 saturated heterocycles. The van der Waals surface area contributed by atoms with E-state index in [2.05, 4.69) is 15.2 Å². The number of hydrogen-bond donors (Lipinski definition) is 2. The van der Waals surface area contributed by atoms with E-state index < -0.39 is 11.5 Å². The molecule has 0 bridgehead atoms. The second-order valence-corrected chi connectivity index (χ2v) is 5.43. The number of aromatic hydroxyl groups is 1. The molecule has 8 nitrogen and oxygen atoms in total. The number of aromatic amines is 1. The molecule has 0 saturated carbocycles. The molecule has 0 unspecified atom stereocenters. The largest absolute Gasteiger partial charge is 0.550 e. The van der Waals surface area contributed by atoms with Crippen LogP contribution in [0.5, 0.6) is 5.88 Å². The highest BCUT2D eigenvalue weighted by Crippen LogP contribution is 2.30. The Morgan fingerprint density at radius 1 is 1.07 bits per heavy atom. The highest BCUT2D eigenvalue weighted by Gasteiger charge is 2.21. The molecule has 2 heterocycles. The third-order valence-electron chi connectivity index (χ3n) is 3.38. The summed E-state index contributed by atoms with van der Waals surface area (Å²) in [4.78, 5) is 23.5. The molecular formula is C19H18N4O4. The normalized spacial score (nSPS) is 10.3. The van der Waals surface area contributed by atoms with E-state index in [1.165, 1.54) is 0 Å². The van der Waals surface area contributed by atoms with E-state index in [1.807, 2.05) is 36.4 Å². The zero-order valence-corrected chi connectivity index (χ0v) is 14.8. The van der Waals surface area contributed by atoms with Gasteiger partial charge in [-0.25, -0.2) is 0 Å². The monoisotopic (exact) mass is 366 g/mol. The first-order valence-electron chi connectivity index (χ1n) is 7.97. The number of pyridine rings is 2. The van der Waals surface area contributed by atoms with E-state index in [1.54, 1.807) is 36.0 Å². The lowest BCUT2D eigenvalue weighted by Gasteiger charge is -2.04. The summed E-state index contributed by atoms with van der Waals surface area (Å²) in [6.45, 7) is 2.70. The molecular weight excluding hydrogens is 348 g/mol. The topological polar surface area (TPSA) is 122 Å². The Morgan fingerprint density at radius 2 is 1.63 bits per heavy atom. The number of benzene rings is 1. The summed E-state index contributed by atoms with van der Waals surface area (Å²) in [5.41, 5.74) is 1.44. The predicted octanol–water partition coefficient (Wildman–Crippen LogP) is 1.84. The standard InChI is InChI=1S/C17H14N4O2.C2H4O2/c1-12-14(20-19-13-8-4-2-5-9-13)16(22)18-17(23)15(12)21-10-6-3-7-11-21;1-2(3)4/h2-11H,1H3,(H-,18,19,22,23);1H3,(H,3,4). The number of H-pyrrole nitrogens is 1. The molecule has 0 amide bonds. The first kappa shape index (κ1) is 19.5. The molecule has 0 aliphatic heterocycles. The molecule has 2 N–H and O–H groups in total. The summed E-state index contributed by atoms with van der Waals surface area (Å²) in [5, 5.41) is 27.1. The SMILES string of the molecule is CC(=O)[O-].Cc1c(N=Nc2ccccc2)c(O)[nH]c(=O)c1-[n+]1ccccc1. The van der Waals surface area contributed by atoms with Gasteiger partial charge in [-0.05, 0) is 26.0 Å². The molecule has 2 aromatic heterocycles. The Morgan fingerprint density at radius 3 is 2.22 bits per heavy atom. The zero-order chi connectivity index (χ0) is 19.8. The van der Waals surface area contributed by atoms with Gasteiger partial charge in [0.15, 0.2) is 18.1 Å². The van der Waals surface area contributed by atoms with Crippen LogP contribution in [0.3, 0.4) is 0 Å². The molecule has 0 aliphatic carbocycles. The number of carbonyl (C=O) groups is 1. The molecule has 0 aliphatic rings. The quantitative estimate of drug-likeness (QED) is 0.542. The summed E-state index contributed by atoms with van der Waals surface area (Å²) >= 11 is 0. The zero-order valence-electron chi connectivity index (χ0n) is 14.8. The summed E-state index contributed by atoms with van der Waals surface area (Å²) < 4.78 is 1.68. The van der Waals surface area contributed by atoms with Gasteiger partial charge in [0.25, 0.3) is 5.69 Å². The van der Waals surface area contributed by atoms with Crippen LogP contribution in [-0.4, -0.2) is 16.1 Å². The number of nitrogens with zero attached hydrogens (tertiary/aromatic N) is 3. The minimum absolute atomic E-state index is 0.236. The van der Waals surface area contributed by atoms with Gasteiger partial charge in [-0.2, -0.15) is 9.68 Å². The van der Waals surface area contributed by atoms with E-state index >= 15 is 0 Å². The number of rotatable bonds is 3. The number of aliphatic carboxylic acids is 1. The molecule has 8 heteroatoms. The molecule has 3 aromatic rings. The van der Waals surface area contributed by atoms with Crippen molar-refractivity contribution in [2.45, 2.75) is 13.8 Å². The van der Waals surface area contributed by atoms with Crippen molar-refractivity contribution in [3.05, 3.63) is 76.8 Å². The van der Waals surface area contributed by atoms with E-state index in [-0.39, 0.29) is 11.6 Å². The third kappa shape index (κ3) is 5.33. The van der Waals surface area contributed by atoms with Gasteiger partial charge in [0.05, 0.1) is 11.3 Å². The average molecular weight is 366 g/mol. The second kappa shape index (κ2) is 9.04. The minimum atomic E-state index is -1.08. The maximum absolute atomic E-state index is 12.2. The van der Waals surface area contributed by atoms with Crippen molar-refractivity contribution in [3.8, 4) is 11.6 Å². The first-order valence-corrected chi connectivity index (χ1v) is 7.97. The van der Waals surface area contributed by atoms with Gasteiger partial charge in [0.1, 0.15) is 0 Å². The van der Waals surface area contributed by atoms with E-state index in [9.17, 15) is 9.90 Å². The van der Waals surface area contributed by atoms with Crippen LogP contribution < -0.4 is 15.2 Å². The van der Waals surface area contributed by atoms with Crippen molar-refractivity contribution in [2.75, 3.05) is 0 Å². The Labute approximate surface area is 155 Å². The fraction of sp³-hybridized carbons (Fsp3) is 0.105. The van der Waals surface area contributed by atoms with Crippen LogP contribution >= 0.6 is 0 Å². The number of aromatic nitrogens is 2. The number of azo groups is 1. The van der Waals surface area contributed by atoms with Crippen LogP contribution in [0.2, 0.25) is 0 Å². The fourth-order valence-electron chi connectivity index (χ4n) is 2.27. The lowest BCUT2D eigenvalue weighted by atomic mass is 10.2. The molecule has 0 fully saturated rings. The number of nitrogens with one attached hydrogen (secondary N) is 1. The van der Waals surface area contributed by atoms with Gasteiger partial charge in [0.2, 0.25) is 5.88 Å². The van der Waals surface area contributed by atoms with Gasteiger partial charge in [0, 0.05) is 18.1 Å². The molecule has 0 radical (unpaired) electrons. The highest BCUT2D eigenvalue weighted by atomic mass is 16.4. The number of hydrogen-bond acceptors (Lipinski definition) is 6. The molecule has 1 aromatic carbocycles. The van der Waals surface area contributed by atoms with E-state index in [0.717, 1.165) is 6.92 Å². The Balaban J connectivity index is 0.000000596. The van der Waals surface area contributed by atoms with Crippen molar-refractivity contribution in [1.82, 2.24) is 4.98 Å². The number of carbonyl (C=O) groups excluding carboxylic acids is 1. The molecule has 27 heavy (non-hydrogen) atoms. The lowest BCUT2D eigenvalue weighted by Crippen LogP contribution is -2.37. The Hall–Kier alpha value is -3.81. The van der Waals surface area contributed by atoms with Crippen LogP contribution in [0.1, 0.15) is 12.5 Å². The molecule has 138 valence electrons. The van der Waals surface area contributed by atoms with Crippen molar-refractivity contribution in [2.24, 2.45) is 10.2 Å².